The Morgan fingerprint density at radius 2 is 1.63 bits per heavy atom. The summed E-state index contributed by atoms with van der Waals surface area (Å²) in [5, 5.41) is 20.5. The minimum atomic E-state index is -3.85. The van der Waals surface area contributed by atoms with Crippen molar-refractivity contribution < 1.29 is 28.2 Å². The molecule has 0 heterocycles. The van der Waals surface area contributed by atoms with E-state index < -0.39 is 33.9 Å². The number of nitrogen functional groups attached to an aromatic ring is 1. The van der Waals surface area contributed by atoms with E-state index in [-0.39, 0.29) is 22.9 Å². The number of nitrogens with two attached hydrogens (primary N) is 1. The Labute approximate surface area is 223 Å². The molecule has 0 saturated heterocycles. The number of sulfonamides is 1. The van der Waals surface area contributed by atoms with Gasteiger partial charge in [0.25, 0.3) is 10.0 Å². The molecule has 0 aliphatic carbocycles. The number of para-hydroxylation sites is 1. The van der Waals surface area contributed by atoms with Gasteiger partial charge in [0.1, 0.15) is 16.2 Å². The first-order valence-electron chi connectivity index (χ1n) is 12.2. The van der Waals surface area contributed by atoms with Crippen molar-refractivity contribution in [1.82, 2.24) is 4.90 Å². The lowest BCUT2D eigenvalue weighted by atomic mass is 10.0. The Morgan fingerprint density at radius 3 is 2.21 bits per heavy atom. The number of phenols is 1. The molecule has 9 nitrogen and oxygen atoms in total. The van der Waals surface area contributed by atoms with Crippen molar-refractivity contribution >= 4 is 27.5 Å². The Bertz CT molecular complexity index is 1340. The van der Waals surface area contributed by atoms with Crippen LogP contribution >= 0.6 is 0 Å². The standard InChI is InChI=1S/C28H35N3O6S/c1-19(26(33)21-11-15-23(32)16-12-21)31(27(34)37-28(2,3)4)18-17-20-9-13-22(14-10-20)30-38(35,36)25-8-6-5-7-24(25)29/h5-16,19,26,30,32-33H,17-18,29H2,1-4H3. The van der Waals surface area contributed by atoms with Gasteiger partial charge in [0.05, 0.1) is 17.8 Å². The van der Waals surface area contributed by atoms with Gasteiger partial charge in [-0.15, -0.1) is 0 Å². The van der Waals surface area contributed by atoms with Crippen LogP contribution in [0.15, 0.2) is 77.7 Å². The van der Waals surface area contributed by atoms with E-state index in [1.165, 1.54) is 29.2 Å². The maximum absolute atomic E-state index is 13.1. The minimum absolute atomic E-state index is 0.00162. The van der Waals surface area contributed by atoms with E-state index in [1.54, 1.807) is 76.2 Å². The van der Waals surface area contributed by atoms with Crippen LogP contribution in [0.1, 0.15) is 44.9 Å². The molecule has 0 spiro atoms. The Hall–Kier alpha value is -3.76. The molecular weight excluding hydrogens is 506 g/mol. The largest absolute Gasteiger partial charge is 0.508 e. The molecule has 0 aliphatic heterocycles. The number of aliphatic hydroxyl groups is 1. The number of hydrogen-bond donors (Lipinski definition) is 4. The van der Waals surface area contributed by atoms with Crippen molar-refractivity contribution in [3.05, 3.63) is 83.9 Å². The number of nitrogens with zero attached hydrogens (tertiary/aromatic N) is 1. The van der Waals surface area contributed by atoms with Crippen LogP contribution in [-0.4, -0.2) is 47.8 Å². The molecule has 2 unspecified atom stereocenters. The van der Waals surface area contributed by atoms with Crippen molar-refractivity contribution in [2.24, 2.45) is 0 Å². The van der Waals surface area contributed by atoms with Crippen LogP contribution in [0.3, 0.4) is 0 Å². The molecule has 0 aromatic heterocycles. The number of anilines is 2. The summed E-state index contributed by atoms with van der Waals surface area (Å²) in [6.45, 7) is 7.29. The summed E-state index contributed by atoms with van der Waals surface area (Å²) < 4.78 is 33.5. The number of aromatic hydroxyl groups is 1. The lowest BCUT2D eigenvalue weighted by Gasteiger charge is -2.34. The van der Waals surface area contributed by atoms with E-state index in [0.29, 0.717) is 17.7 Å². The first kappa shape index (κ1) is 28.8. The summed E-state index contributed by atoms with van der Waals surface area (Å²) in [6, 6.07) is 18.6. The molecule has 38 heavy (non-hydrogen) atoms. The molecular formula is C28H35N3O6S. The highest BCUT2D eigenvalue weighted by Gasteiger charge is 2.30. The zero-order valence-corrected chi connectivity index (χ0v) is 22.8. The SMILES string of the molecule is CC(C(O)c1ccc(O)cc1)N(CCc1ccc(NS(=O)(=O)c2ccccc2N)cc1)C(=O)OC(C)(C)C. The molecule has 0 bridgehead atoms. The van der Waals surface area contributed by atoms with E-state index in [2.05, 4.69) is 4.72 Å². The van der Waals surface area contributed by atoms with Crippen LogP contribution in [0.5, 0.6) is 5.75 Å². The molecule has 0 fully saturated rings. The summed E-state index contributed by atoms with van der Waals surface area (Å²) in [5.74, 6) is 0.0792. The molecule has 0 aliphatic rings. The average molecular weight is 542 g/mol. The Kier molecular flexibility index (Phi) is 8.90. The highest BCUT2D eigenvalue weighted by Crippen LogP contribution is 2.25. The van der Waals surface area contributed by atoms with Crippen molar-refractivity contribution in [1.29, 1.82) is 0 Å². The number of amides is 1. The zero-order chi connectivity index (χ0) is 28.1. The Balaban J connectivity index is 1.73. The number of rotatable bonds is 9. The topological polar surface area (TPSA) is 142 Å². The van der Waals surface area contributed by atoms with E-state index in [4.69, 9.17) is 10.5 Å². The third kappa shape index (κ3) is 7.62. The predicted octanol–water partition coefficient (Wildman–Crippen LogP) is 4.68. The summed E-state index contributed by atoms with van der Waals surface area (Å²) >= 11 is 0. The monoisotopic (exact) mass is 541 g/mol. The fourth-order valence-electron chi connectivity index (χ4n) is 3.83. The molecule has 3 rings (SSSR count). The van der Waals surface area contributed by atoms with E-state index >= 15 is 0 Å². The van der Waals surface area contributed by atoms with Gasteiger partial charge >= 0.3 is 6.09 Å². The van der Waals surface area contributed by atoms with Gasteiger partial charge in [-0.2, -0.15) is 0 Å². The molecule has 5 N–H and O–H groups in total. The van der Waals surface area contributed by atoms with Gasteiger partial charge in [0, 0.05) is 12.2 Å². The second kappa shape index (κ2) is 11.7. The van der Waals surface area contributed by atoms with Gasteiger partial charge in [0.15, 0.2) is 0 Å². The predicted molar refractivity (Wildman–Crippen MR) is 147 cm³/mol. The maximum atomic E-state index is 13.1. The zero-order valence-electron chi connectivity index (χ0n) is 22.0. The first-order valence-corrected chi connectivity index (χ1v) is 13.7. The number of hydrogen-bond acceptors (Lipinski definition) is 7. The summed E-state index contributed by atoms with van der Waals surface area (Å²) in [4.78, 5) is 14.5. The number of aliphatic hydroxyl groups excluding tert-OH is 1. The fraction of sp³-hybridized carbons (Fsp3) is 0.321. The van der Waals surface area contributed by atoms with Crippen LogP contribution in [0, 0.1) is 0 Å². The molecule has 3 aromatic rings. The van der Waals surface area contributed by atoms with Crippen molar-refractivity contribution in [3.63, 3.8) is 0 Å². The van der Waals surface area contributed by atoms with Gasteiger partial charge in [-0.1, -0.05) is 36.4 Å². The summed E-state index contributed by atoms with van der Waals surface area (Å²) in [6.07, 6.45) is -1.14. The number of ether oxygens (including phenoxy) is 1. The first-order chi connectivity index (χ1) is 17.8. The van der Waals surface area contributed by atoms with E-state index in [0.717, 1.165) is 5.56 Å². The lowest BCUT2D eigenvalue weighted by molar-refractivity contribution is -0.00239. The number of carbonyl (C=O) groups excluding carboxylic acids is 1. The van der Waals surface area contributed by atoms with Crippen molar-refractivity contribution in [2.75, 3.05) is 17.0 Å². The van der Waals surface area contributed by atoms with Crippen LogP contribution in [-0.2, 0) is 21.2 Å². The smallest absolute Gasteiger partial charge is 0.410 e. The molecule has 204 valence electrons. The van der Waals surface area contributed by atoms with E-state index in [1.807, 2.05) is 0 Å². The van der Waals surface area contributed by atoms with Crippen LogP contribution in [0.4, 0.5) is 16.2 Å². The third-order valence-electron chi connectivity index (χ3n) is 5.87. The van der Waals surface area contributed by atoms with Gasteiger partial charge in [-0.05, 0) is 81.6 Å². The summed E-state index contributed by atoms with van der Waals surface area (Å²) in [5.41, 5.74) is 7.03. The third-order valence-corrected chi connectivity index (χ3v) is 7.32. The molecule has 2 atom stereocenters. The number of phenolic OH excluding ortho intramolecular Hbond substituents is 1. The van der Waals surface area contributed by atoms with Gasteiger partial charge in [0.2, 0.25) is 0 Å². The number of benzene rings is 3. The minimum Gasteiger partial charge on any atom is -0.508 e. The lowest BCUT2D eigenvalue weighted by Crippen LogP contribution is -2.45. The van der Waals surface area contributed by atoms with Gasteiger partial charge in [-0.25, -0.2) is 13.2 Å². The molecule has 3 aromatic carbocycles. The van der Waals surface area contributed by atoms with Crippen LogP contribution in [0.25, 0.3) is 0 Å². The fourth-order valence-corrected chi connectivity index (χ4v) is 5.02. The second-order valence-corrected chi connectivity index (χ2v) is 11.7. The summed E-state index contributed by atoms with van der Waals surface area (Å²) in [7, 11) is -3.85. The molecule has 0 saturated carbocycles. The second-order valence-electron chi connectivity index (χ2n) is 10.0. The van der Waals surface area contributed by atoms with Crippen LogP contribution in [0.2, 0.25) is 0 Å². The van der Waals surface area contributed by atoms with E-state index in [9.17, 15) is 23.4 Å². The molecule has 0 radical (unpaired) electrons. The van der Waals surface area contributed by atoms with Crippen molar-refractivity contribution in [3.8, 4) is 5.75 Å². The van der Waals surface area contributed by atoms with Crippen molar-refractivity contribution in [2.45, 2.75) is 56.8 Å². The highest BCUT2D eigenvalue weighted by molar-refractivity contribution is 7.92. The quantitative estimate of drug-likeness (QED) is 0.288. The number of nitrogens with one attached hydrogen (secondary N) is 1. The van der Waals surface area contributed by atoms with Gasteiger partial charge in [-0.3, -0.25) is 4.72 Å². The normalized spacial score (nSPS) is 13.4. The van der Waals surface area contributed by atoms with Crippen LogP contribution < -0.4 is 10.5 Å². The number of carbonyl (C=O) groups is 1. The Morgan fingerprint density at radius 1 is 1.03 bits per heavy atom. The highest BCUT2D eigenvalue weighted by atomic mass is 32.2. The van der Waals surface area contributed by atoms with Gasteiger partial charge < -0.3 is 25.6 Å². The average Bonchev–Trinajstić information content (AvgIpc) is 2.84. The molecule has 1 amide bonds. The molecule has 10 heteroatoms. The maximum Gasteiger partial charge on any atom is 0.410 e.